The van der Waals surface area contributed by atoms with E-state index in [0.717, 1.165) is 39.1 Å². The van der Waals surface area contributed by atoms with Crippen LogP contribution in [0, 0.1) is 12.9 Å². The third kappa shape index (κ3) is 4.13. The number of nitrogens with one attached hydrogen (secondary N) is 1. The Morgan fingerprint density at radius 3 is 2.31 bits per heavy atom. The number of rotatable bonds is 5. The summed E-state index contributed by atoms with van der Waals surface area (Å²) in [5.41, 5.74) is 5.26. The summed E-state index contributed by atoms with van der Waals surface area (Å²) >= 11 is 0. The van der Waals surface area contributed by atoms with Crippen LogP contribution in [-0.4, -0.2) is 24.9 Å². The van der Waals surface area contributed by atoms with E-state index in [0.29, 0.717) is 17.8 Å². The molecule has 0 saturated heterocycles. The van der Waals surface area contributed by atoms with Crippen molar-refractivity contribution in [1.29, 1.82) is 0 Å². The van der Waals surface area contributed by atoms with Crippen molar-refractivity contribution in [2.24, 2.45) is 0 Å². The van der Waals surface area contributed by atoms with Gasteiger partial charge in [-0.3, -0.25) is 15.0 Å². The molecule has 0 fully saturated rings. The van der Waals surface area contributed by atoms with Gasteiger partial charge in [0.15, 0.2) is 0 Å². The van der Waals surface area contributed by atoms with Gasteiger partial charge in [-0.25, -0.2) is 9.97 Å². The normalized spacial score (nSPS) is 10.9. The fourth-order valence-electron chi connectivity index (χ4n) is 3.52. The molecule has 0 aliphatic carbocycles. The Balaban J connectivity index is 1.35. The Hall–Kier alpha value is -4.26. The minimum atomic E-state index is -0.520. The van der Waals surface area contributed by atoms with Gasteiger partial charge in [-0.2, -0.15) is 4.39 Å². The summed E-state index contributed by atoms with van der Waals surface area (Å²) in [7, 11) is 0. The van der Waals surface area contributed by atoms with E-state index < -0.39 is 5.95 Å². The molecule has 32 heavy (non-hydrogen) atoms. The van der Waals surface area contributed by atoms with Crippen LogP contribution >= 0.6 is 0 Å². The SMILES string of the molecule is Cc1cc(-c2cc3ccnc(NCc4ccc(-c5ccnc(F)c5)nc4)c3cn2)ccn1. The van der Waals surface area contributed by atoms with E-state index in [4.69, 9.17) is 0 Å². The van der Waals surface area contributed by atoms with Gasteiger partial charge in [-0.1, -0.05) is 6.07 Å². The lowest BCUT2D eigenvalue weighted by molar-refractivity contribution is 0.584. The Labute approximate surface area is 184 Å². The smallest absolute Gasteiger partial charge is 0.213 e. The van der Waals surface area contributed by atoms with Crippen LogP contribution in [0.15, 0.2) is 79.5 Å². The summed E-state index contributed by atoms with van der Waals surface area (Å²) in [6.45, 7) is 2.52. The summed E-state index contributed by atoms with van der Waals surface area (Å²) in [4.78, 5) is 21.4. The molecule has 0 bridgehead atoms. The highest BCUT2D eigenvalue weighted by molar-refractivity contribution is 5.93. The second-order valence-corrected chi connectivity index (χ2v) is 7.41. The third-order valence-corrected chi connectivity index (χ3v) is 5.15. The van der Waals surface area contributed by atoms with E-state index in [-0.39, 0.29) is 0 Å². The molecule has 6 nitrogen and oxygen atoms in total. The molecule has 0 radical (unpaired) electrons. The molecule has 0 aliphatic heterocycles. The van der Waals surface area contributed by atoms with Gasteiger partial charge in [-0.05, 0) is 54.3 Å². The molecule has 0 atom stereocenters. The van der Waals surface area contributed by atoms with Crippen LogP contribution in [0.5, 0.6) is 0 Å². The number of nitrogens with zero attached hydrogens (tertiary/aromatic N) is 5. The largest absolute Gasteiger partial charge is 0.365 e. The predicted molar refractivity (Wildman–Crippen MR) is 122 cm³/mol. The summed E-state index contributed by atoms with van der Waals surface area (Å²) in [5.74, 6) is 0.237. The molecule has 5 aromatic heterocycles. The van der Waals surface area contributed by atoms with Crippen LogP contribution in [0.4, 0.5) is 10.2 Å². The zero-order valence-corrected chi connectivity index (χ0v) is 17.3. The van der Waals surface area contributed by atoms with E-state index in [1.807, 2.05) is 43.5 Å². The quantitative estimate of drug-likeness (QED) is 0.392. The zero-order valence-electron chi connectivity index (χ0n) is 17.3. The van der Waals surface area contributed by atoms with E-state index in [2.05, 4.69) is 36.3 Å². The Bertz CT molecular complexity index is 1400. The van der Waals surface area contributed by atoms with Gasteiger partial charge in [0.05, 0.1) is 11.4 Å². The maximum atomic E-state index is 13.3. The van der Waals surface area contributed by atoms with Gasteiger partial charge < -0.3 is 5.32 Å². The van der Waals surface area contributed by atoms with Crippen molar-refractivity contribution < 1.29 is 4.39 Å². The van der Waals surface area contributed by atoms with Crippen molar-refractivity contribution >= 4 is 16.6 Å². The van der Waals surface area contributed by atoms with Gasteiger partial charge in [0.25, 0.3) is 0 Å². The maximum Gasteiger partial charge on any atom is 0.213 e. The summed E-state index contributed by atoms with van der Waals surface area (Å²) < 4.78 is 13.3. The van der Waals surface area contributed by atoms with Gasteiger partial charge in [0.1, 0.15) is 5.82 Å². The predicted octanol–water partition coefficient (Wildman–Crippen LogP) is 5.21. The Morgan fingerprint density at radius 1 is 0.750 bits per heavy atom. The molecule has 0 spiro atoms. The van der Waals surface area contributed by atoms with Crippen LogP contribution in [0.1, 0.15) is 11.3 Å². The van der Waals surface area contributed by atoms with Gasteiger partial charge in [0, 0.05) is 65.8 Å². The van der Waals surface area contributed by atoms with Gasteiger partial charge in [-0.15, -0.1) is 0 Å². The van der Waals surface area contributed by atoms with Crippen LogP contribution in [0.25, 0.3) is 33.3 Å². The van der Waals surface area contributed by atoms with Crippen molar-refractivity contribution in [2.75, 3.05) is 5.32 Å². The average molecular weight is 422 g/mol. The van der Waals surface area contributed by atoms with E-state index >= 15 is 0 Å². The molecule has 156 valence electrons. The number of anilines is 1. The number of aryl methyl sites for hydroxylation is 1. The fourth-order valence-corrected chi connectivity index (χ4v) is 3.52. The highest BCUT2D eigenvalue weighted by Gasteiger charge is 2.07. The molecule has 1 N–H and O–H groups in total. The first-order chi connectivity index (χ1) is 15.7. The molecule has 0 aromatic carbocycles. The molecular formula is C25H19FN6. The monoisotopic (exact) mass is 422 g/mol. The number of fused-ring (bicyclic) bond motifs is 1. The molecule has 5 rings (SSSR count). The van der Waals surface area contributed by atoms with Crippen molar-refractivity contribution in [3.8, 4) is 22.5 Å². The number of halogens is 1. The number of pyridine rings is 5. The Kier molecular flexibility index (Phi) is 5.21. The first kappa shape index (κ1) is 19.7. The van der Waals surface area contributed by atoms with E-state index in [1.165, 1.54) is 12.3 Å². The summed E-state index contributed by atoms with van der Waals surface area (Å²) in [6, 6.07) is 14.9. The second kappa shape index (κ2) is 8.47. The molecule has 0 aliphatic rings. The summed E-state index contributed by atoms with van der Waals surface area (Å²) in [5, 5.41) is 5.36. The maximum absolute atomic E-state index is 13.3. The highest BCUT2D eigenvalue weighted by atomic mass is 19.1. The standard InChI is InChI=1S/C25H19FN6/c1-16-10-19(5-7-27-16)23-11-18-4-9-29-25(21(18)15-31-23)32-14-17-2-3-22(30-13-17)20-6-8-28-24(26)12-20/h2-13,15H,14H2,1H3,(H,29,32). The minimum Gasteiger partial charge on any atom is -0.365 e. The average Bonchev–Trinajstić information content (AvgIpc) is 2.82. The van der Waals surface area contributed by atoms with E-state index in [9.17, 15) is 4.39 Å². The van der Waals surface area contributed by atoms with Crippen molar-refractivity contribution in [3.63, 3.8) is 0 Å². The minimum absolute atomic E-state index is 0.520. The molecule has 5 aromatic rings. The van der Waals surface area contributed by atoms with Gasteiger partial charge in [0.2, 0.25) is 5.95 Å². The first-order valence-electron chi connectivity index (χ1n) is 10.1. The molecule has 0 unspecified atom stereocenters. The lowest BCUT2D eigenvalue weighted by Gasteiger charge is -2.10. The molecule has 5 heterocycles. The summed E-state index contributed by atoms with van der Waals surface area (Å²) in [6.07, 6.45) is 8.62. The van der Waals surface area contributed by atoms with E-state index in [1.54, 1.807) is 24.7 Å². The lowest BCUT2D eigenvalue weighted by atomic mass is 10.1. The highest BCUT2D eigenvalue weighted by Crippen LogP contribution is 2.26. The number of hydrogen-bond acceptors (Lipinski definition) is 6. The van der Waals surface area contributed by atoms with Crippen LogP contribution in [0.2, 0.25) is 0 Å². The van der Waals surface area contributed by atoms with Crippen molar-refractivity contribution in [1.82, 2.24) is 24.9 Å². The lowest BCUT2D eigenvalue weighted by Crippen LogP contribution is -2.03. The second-order valence-electron chi connectivity index (χ2n) is 7.41. The van der Waals surface area contributed by atoms with Crippen molar-refractivity contribution in [3.05, 3.63) is 96.7 Å². The molecule has 7 heteroatoms. The zero-order chi connectivity index (χ0) is 21.9. The molecular weight excluding hydrogens is 403 g/mol. The molecule has 0 saturated carbocycles. The molecule has 0 amide bonds. The first-order valence-corrected chi connectivity index (χ1v) is 10.1. The Morgan fingerprint density at radius 2 is 1.53 bits per heavy atom. The third-order valence-electron chi connectivity index (χ3n) is 5.15. The van der Waals surface area contributed by atoms with Crippen LogP contribution in [-0.2, 0) is 6.54 Å². The van der Waals surface area contributed by atoms with Gasteiger partial charge >= 0.3 is 0 Å². The van der Waals surface area contributed by atoms with Crippen LogP contribution < -0.4 is 5.32 Å². The van der Waals surface area contributed by atoms with Crippen molar-refractivity contribution in [2.45, 2.75) is 13.5 Å². The number of aromatic nitrogens is 5. The van der Waals surface area contributed by atoms with Crippen LogP contribution in [0.3, 0.4) is 0 Å². The topological polar surface area (TPSA) is 76.5 Å². The fraction of sp³-hybridized carbons (Fsp3) is 0.0800. The number of hydrogen-bond donors (Lipinski definition) is 1.